The number of piperidine rings is 1. The Morgan fingerprint density at radius 1 is 1.47 bits per heavy atom. The molecule has 0 saturated carbocycles. The van der Waals surface area contributed by atoms with Crippen molar-refractivity contribution < 1.29 is 8.42 Å². The first-order valence-corrected chi connectivity index (χ1v) is 7.19. The average Bonchev–Trinajstić information content (AvgIpc) is 2.29. The summed E-state index contributed by atoms with van der Waals surface area (Å²) in [6.45, 7) is 2.53. The Morgan fingerprint density at radius 2 is 2.24 bits per heavy atom. The average molecular weight is 255 g/mol. The summed E-state index contributed by atoms with van der Waals surface area (Å²) in [5, 5.41) is 0. The predicted molar refractivity (Wildman–Crippen MR) is 65.9 cm³/mol. The molecule has 0 radical (unpaired) electrons. The maximum atomic E-state index is 12.4. The second-order valence-corrected chi connectivity index (χ2v) is 6.27. The van der Waals surface area contributed by atoms with Gasteiger partial charge in [0.1, 0.15) is 5.82 Å². The van der Waals surface area contributed by atoms with E-state index in [1.807, 2.05) is 6.92 Å². The van der Waals surface area contributed by atoms with E-state index >= 15 is 0 Å². The Labute approximate surface area is 102 Å². The molecule has 1 atom stereocenters. The van der Waals surface area contributed by atoms with E-state index in [0.29, 0.717) is 6.54 Å². The number of pyridine rings is 1. The Bertz CT molecular complexity index is 501. The van der Waals surface area contributed by atoms with Crippen molar-refractivity contribution in [3.8, 4) is 0 Å². The maximum absolute atomic E-state index is 12.4. The van der Waals surface area contributed by atoms with Crippen molar-refractivity contribution in [3.05, 3.63) is 18.3 Å². The topological polar surface area (TPSA) is 76.3 Å². The van der Waals surface area contributed by atoms with Gasteiger partial charge < -0.3 is 5.73 Å². The van der Waals surface area contributed by atoms with Crippen LogP contribution in [-0.4, -0.2) is 30.3 Å². The van der Waals surface area contributed by atoms with Crippen LogP contribution in [0.25, 0.3) is 0 Å². The third kappa shape index (κ3) is 2.42. The van der Waals surface area contributed by atoms with Crippen LogP contribution in [0.3, 0.4) is 0 Å². The molecule has 0 aromatic carbocycles. The molecular weight excluding hydrogens is 238 g/mol. The lowest BCUT2D eigenvalue weighted by atomic mass is 10.1. The van der Waals surface area contributed by atoms with Crippen molar-refractivity contribution in [2.45, 2.75) is 37.1 Å². The fraction of sp³-hybridized carbons (Fsp3) is 0.545. The fourth-order valence-electron chi connectivity index (χ4n) is 2.15. The SMILES string of the molecule is CC1CCCCN1S(=O)(=O)c1ccnc(N)c1. The number of anilines is 1. The van der Waals surface area contributed by atoms with Gasteiger partial charge in [-0.05, 0) is 25.8 Å². The monoisotopic (exact) mass is 255 g/mol. The molecule has 1 aromatic rings. The summed E-state index contributed by atoms with van der Waals surface area (Å²) < 4.78 is 26.3. The van der Waals surface area contributed by atoms with Gasteiger partial charge in [-0.25, -0.2) is 13.4 Å². The zero-order valence-electron chi connectivity index (χ0n) is 9.83. The van der Waals surface area contributed by atoms with Crippen LogP contribution in [0.15, 0.2) is 23.2 Å². The summed E-state index contributed by atoms with van der Waals surface area (Å²) in [6, 6.07) is 2.96. The molecule has 5 nitrogen and oxygen atoms in total. The lowest BCUT2D eigenvalue weighted by molar-refractivity contribution is 0.268. The molecule has 6 heteroatoms. The first-order valence-electron chi connectivity index (χ1n) is 5.75. The molecule has 2 N–H and O–H groups in total. The van der Waals surface area contributed by atoms with Crippen LogP contribution in [0, 0.1) is 0 Å². The molecule has 1 aliphatic rings. The normalized spacial score (nSPS) is 22.5. The smallest absolute Gasteiger partial charge is 0.243 e. The van der Waals surface area contributed by atoms with Crippen LogP contribution in [0.4, 0.5) is 5.82 Å². The summed E-state index contributed by atoms with van der Waals surface area (Å²) in [6.07, 6.45) is 4.35. The van der Waals surface area contributed by atoms with Gasteiger partial charge in [0.05, 0.1) is 4.90 Å². The van der Waals surface area contributed by atoms with Crippen LogP contribution < -0.4 is 5.73 Å². The van der Waals surface area contributed by atoms with Crippen molar-refractivity contribution >= 4 is 15.8 Å². The van der Waals surface area contributed by atoms with Gasteiger partial charge in [0.2, 0.25) is 10.0 Å². The molecule has 17 heavy (non-hydrogen) atoms. The maximum Gasteiger partial charge on any atom is 0.243 e. The Kier molecular flexibility index (Phi) is 3.35. The molecule has 2 rings (SSSR count). The number of nitrogen functional groups attached to an aromatic ring is 1. The third-order valence-electron chi connectivity index (χ3n) is 3.10. The molecule has 1 fully saturated rings. The van der Waals surface area contributed by atoms with E-state index in [-0.39, 0.29) is 16.8 Å². The molecule has 1 aliphatic heterocycles. The third-order valence-corrected chi connectivity index (χ3v) is 5.11. The Balaban J connectivity index is 2.35. The van der Waals surface area contributed by atoms with Gasteiger partial charge in [0.25, 0.3) is 0 Å². The quantitative estimate of drug-likeness (QED) is 0.862. The van der Waals surface area contributed by atoms with Gasteiger partial charge in [0, 0.05) is 24.8 Å². The molecule has 2 heterocycles. The molecule has 0 aliphatic carbocycles. The summed E-state index contributed by atoms with van der Waals surface area (Å²) in [5.41, 5.74) is 5.53. The van der Waals surface area contributed by atoms with E-state index < -0.39 is 10.0 Å². The van der Waals surface area contributed by atoms with E-state index in [4.69, 9.17) is 5.73 Å². The van der Waals surface area contributed by atoms with Crippen LogP contribution >= 0.6 is 0 Å². The number of nitrogens with zero attached hydrogens (tertiary/aromatic N) is 2. The van der Waals surface area contributed by atoms with Crippen molar-refractivity contribution in [3.63, 3.8) is 0 Å². The van der Waals surface area contributed by atoms with Gasteiger partial charge in [-0.15, -0.1) is 0 Å². The van der Waals surface area contributed by atoms with Crippen LogP contribution in [0.5, 0.6) is 0 Å². The molecule has 94 valence electrons. The Hall–Kier alpha value is -1.14. The molecule has 0 amide bonds. The Morgan fingerprint density at radius 3 is 2.88 bits per heavy atom. The highest BCUT2D eigenvalue weighted by Crippen LogP contribution is 2.25. The summed E-state index contributed by atoms with van der Waals surface area (Å²) in [7, 11) is -3.42. The lowest BCUT2D eigenvalue weighted by Gasteiger charge is -2.32. The van der Waals surface area contributed by atoms with Crippen molar-refractivity contribution in [2.24, 2.45) is 0 Å². The summed E-state index contributed by atoms with van der Waals surface area (Å²) in [4.78, 5) is 4.05. The number of rotatable bonds is 2. The molecule has 1 saturated heterocycles. The fourth-order valence-corrected chi connectivity index (χ4v) is 3.87. The highest BCUT2D eigenvalue weighted by molar-refractivity contribution is 7.89. The minimum Gasteiger partial charge on any atom is -0.384 e. The van der Waals surface area contributed by atoms with E-state index in [0.717, 1.165) is 19.3 Å². The van der Waals surface area contributed by atoms with Crippen molar-refractivity contribution in [2.75, 3.05) is 12.3 Å². The number of sulfonamides is 1. The molecule has 1 aromatic heterocycles. The summed E-state index contributed by atoms with van der Waals surface area (Å²) in [5.74, 6) is 0.232. The van der Waals surface area contributed by atoms with E-state index in [2.05, 4.69) is 4.98 Å². The standard InChI is InChI=1S/C11H17N3O2S/c1-9-4-2-3-7-14(9)17(15,16)10-5-6-13-11(12)8-10/h5-6,8-9H,2-4,7H2,1H3,(H2,12,13). The molecular formula is C11H17N3O2S. The largest absolute Gasteiger partial charge is 0.384 e. The van der Waals surface area contributed by atoms with E-state index in [1.165, 1.54) is 18.3 Å². The van der Waals surface area contributed by atoms with Gasteiger partial charge in [-0.2, -0.15) is 4.31 Å². The van der Waals surface area contributed by atoms with Crippen LogP contribution in [0.2, 0.25) is 0 Å². The minimum absolute atomic E-state index is 0.0585. The number of hydrogen-bond donors (Lipinski definition) is 1. The minimum atomic E-state index is -3.42. The lowest BCUT2D eigenvalue weighted by Crippen LogP contribution is -2.41. The predicted octanol–water partition coefficient (Wildman–Crippen LogP) is 1.23. The zero-order chi connectivity index (χ0) is 12.5. The molecule has 0 bridgehead atoms. The number of nitrogens with two attached hydrogens (primary N) is 1. The second kappa shape index (κ2) is 4.62. The van der Waals surface area contributed by atoms with Crippen LogP contribution in [0.1, 0.15) is 26.2 Å². The highest BCUT2D eigenvalue weighted by atomic mass is 32.2. The highest BCUT2D eigenvalue weighted by Gasteiger charge is 2.30. The first kappa shape index (κ1) is 12.3. The first-order chi connectivity index (χ1) is 8.01. The number of hydrogen-bond acceptors (Lipinski definition) is 4. The van der Waals surface area contributed by atoms with Gasteiger partial charge in [-0.1, -0.05) is 6.42 Å². The van der Waals surface area contributed by atoms with Gasteiger partial charge in [-0.3, -0.25) is 0 Å². The van der Waals surface area contributed by atoms with Gasteiger partial charge in [0.15, 0.2) is 0 Å². The molecule has 1 unspecified atom stereocenters. The van der Waals surface area contributed by atoms with Crippen LogP contribution in [-0.2, 0) is 10.0 Å². The van der Waals surface area contributed by atoms with E-state index in [9.17, 15) is 8.42 Å². The van der Waals surface area contributed by atoms with E-state index in [1.54, 1.807) is 4.31 Å². The van der Waals surface area contributed by atoms with Gasteiger partial charge >= 0.3 is 0 Å². The second-order valence-electron chi connectivity index (χ2n) is 4.38. The molecule has 0 spiro atoms. The number of aromatic nitrogens is 1. The summed E-state index contributed by atoms with van der Waals surface area (Å²) >= 11 is 0. The van der Waals surface area contributed by atoms with Crippen molar-refractivity contribution in [1.29, 1.82) is 0 Å². The van der Waals surface area contributed by atoms with Crippen molar-refractivity contribution in [1.82, 2.24) is 9.29 Å². The zero-order valence-corrected chi connectivity index (χ0v) is 10.7.